The van der Waals surface area contributed by atoms with Crippen molar-refractivity contribution in [1.29, 1.82) is 0 Å². The molecule has 0 aromatic carbocycles. The molecule has 0 radical (unpaired) electrons. The normalized spacial score (nSPS) is 20.6. The van der Waals surface area contributed by atoms with Crippen molar-refractivity contribution in [3.8, 4) is 11.5 Å². The van der Waals surface area contributed by atoms with Crippen molar-refractivity contribution in [2.24, 2.45) is 7.05 Å². The maximum atomic E-state index is 13.8. The molecule has 0 aliphatic carbocycles. The lowest BCUT2D eigenvalue weighted by atomic mass is 9.99. The molecule has 2 saturated heterocycles. The third kappa shape index (κ3) is 3.12. The third-order valence-electron chi connectivity index (χ3n) is 5.74. The topological polar surface area (TPSA) is 82.6 Å². The number of piperidine rings is 1. The first-order valence-electron chi connectivity index (χ1n) is 10.1. The number of hydrogen-bond acceptors (Lipinski definition) is 6. The molecule has 2 aliphatic heterocycles. The van der Waals surface area contributed by atoms with E-state index in [1.54, 1.807) is 10.9 Å². The summed E-state index contributed by atoms with van der Waals surface area (Å²) in [7, 11) is 1.84. The molecule has 1 unspecified atom stereocenters. The summed E-state index contributed by atoms with van der Waals surface area (Å²) < 4.78 is 18.7. The number of aryl methyl sites for hydroxylation is 2. The van der Waals surface area contributed by atoms with Crippen LogP contribution in [-0.2, 0) is 16.5 Å². The number of likely N-dealkylation sites (tertiary alicyclic amines) is 1. The van der Waals surface area contributed by atoms with Crippen LogP contribution in [0.2, 0.25) is 0 Å². The molecule has 1 atom stereocenters. The Morgan fingerprint density at radius 1 is 1.24 bits per heavy atom. The number of carbonyl (C=O) groups is 1. The predicted octanol–water partition coefficient (Wildman–Crippen LogP) is 2.90. The highest BCUT2D eigenvalue weighted by molar-refractivity contribution is 6.07. The van der Waals surface area contributed by atoms with Gasteiger partial charge in [-0.15, -0.1) is 0 Å². The van der Waals surface area contributed by atoms with Gasteiger partial charge in [-0.1, -0.05) is 0 Å². The Bertz CT molecular complexity index is 1040. The minimum Gasteiger partial charge on any atom is -0.463 e. The van der Waals surface area contributed by atoms with Crippen LogP contribution in [0.5, 0.6) is 0 Å². The summed E-state index contributed by atoms with van der Waals surface area (Å²) in [6, 6.07) is 5.40. The summed E-state index contributed by atoms with van der Waals surface area (Å²) in [5, 5.41) is 5.28. The number of pyridine rings is 1. The molecule has 2 fully saturated rings. The van der Waals surface area contributed by atoms with Gasteiger partial charge in [-0.3, -0.25) is 9.48 Å². The molecule has 3 aromatic heterocycles. The van der Waals surface area contributed by atoms with E-state index in [1.807, 2.05) is 37.1 Å². The van der Waals surface area contributed by atoms with Gasteiger partial charge in [0.2, 0.25) is 0 Å². The summed E-state index contributed by atoms with van der Waals surface area (Å²) in [5.41, 5.74) is 2.67. The van der Waals surface area contributed by atoms with Crippen molar-refractivity contribution in [3.63, 3.8) is 0 Å². The second kappa shape index (κ2) is 7.27. The first-order valence-corrected chi connectivity index (χ1v) is 10.1. The SMILES string of the molecule is Cc1nn(C)c2nc(-c3ccco3)cc(C(=O)N3CCCCC3C3OCCO3)c12. The highest BCUT2D eigenvalue weighted by Crippen LogP contribution is 2.31. The molecule has 29 heavy (non-hydrogen) atoms. The Morgan fingerprint density at radius 3 is 2.83 bits per heavy atom. The van der Waals surface area contributed by atoms with E-state index in [2.05, 4.69) is 5.10 Å². The number of ether oxygens (including phenoxy) is 2. The molecular formula is C21H24N4O4. The molecule has 0 bridgehead atoms. The summed E-state index contributed by atoms with van der Waals surface area (Å²) >= 11 is 0. The summed E-state index contributed by atoms with van der Waals surface area (Å²) in [6.07, 6.45) is 4.16. The van der Waals surface area contributed by atoms with E-state index < -0.39 is 0 Å². The fraction of sp³-hybridized carbons (Fsp3) is 0.476. The number of carbonyl (C=O) groups excluding carboxylic acids is 1. The van der Waals surface area contributed by atoms with Crippen LogP contribution in [0.4, 0.5) is 0 Å². The van der Waals surface area contributed by atoms with Crippen LogP contribution in [0.15, 0.2) is 28.9 Å². The predicted molar refractivity (Wildman–Crippen MR) is 105 cm³/mol. The van der Waals surface area contributed by atoms with Gasteiger partial charge < -0.3 is 18.8 Å². The van der Waals surface area contributed by atoms with Crippen molar-refractivity contribution in [3.05, 3.63) is 35.7 Å². The maximum Gasteiger partial charge on any atom is 0.255 e. The van der Waals surface area contributed by atoms with Crippen LogP contribution in [0.1, 0.15) is 35.3 Å². The number of furan rings is 1. The van der Waals surface area contributed by atoms with Crippen molar-refractivity contribution < 1.29 is 18.7 Å². The molecule has 3 aromatic rings. The van der Waals surface area contributed by atoms with E-state index in [0.29, 0.717) is 42.4 Å². The van der Waals surface area contributed by atoms with E-state index in [0.717, 1.165) is 30.3 Å². The summed E-state index contributed by atoms with van der Waals surface area (Å²) in [6.45, 7) is 3.75. The van der Waals surface area contributed by atoms with E-state index in [9.17, 15) is 4.79 Å². The zero-order valence-corrected chi connectivity index (χ0v) is 16.6. The Labute approximate surface area is 168 Å². The molecule has 8 heteroatoms. The van der Waals surface area contributed by atoms with Gasteiger partial charge in [0.1, 0.15) is 5.69 Å². The van der Waals surface area contributed by atoms with Gasteiger partial charge in [0.25, 0.3) is 5.91 Å². The standard InChI is InChI=1S/C21H24N4O4/c1-13-18-14(12-15(17-7-5-9-27-17)22-19(18)24(2)23-13)20(26)25-8-4-3-6-16(25)21-28-10-11-29-21/h5,7,9,12,16,21H,3-4,6,8,10-11H2,1-2H3. The number of nitrogens with zero attached hydrogens (tertiary/aromatic N) is 4. The van der Waals surface area contributed by atoms with Crippen molar-refractivity contribution >= 4 is 16.9 Å². The van der Waals surface area contributed by atoms with Crippen molar-refractivity contribution in [1.82, 2.24) is 19.7 Å². The molecule has 8 nitrogen and oxygen atoms in total. The molecule has 1 amide bonds. The van der Waals surface area contributed by atoms with E-state index in [4.69, 9.17) is 18.9 Å². The van der Waals surface area contributed by atoms with Crippen molar-refractivity contribution in [2.45, 2.75) is 38.5 Å². The van der Waals surface area contributed by atoms with Crippen LogP contribution >= 0.6 is 0 Å². The third-order valence-corrected chi connectivity index (χ3v) is 5.74. The Morgan fingerprint density at radius 2 is 2.07 bits per heavy atom. The zero-order chi connectivity index (χ0) is 20.0. The van der Waals surface area contributed by atoms with Crippen LogP contribution in [0.25, 0.3) is 22.5 Å². The van der Waals surface area contributed by atoms with Gasteiger partial charge in [-0.05, 0) is 44.4 Å². The number of aromatic nitrogens is 3. The van der Waals surface area contributed by atoms with Gasteiger partial charge in [0, 0.05) is 13.6 Å². The van der Waals surface area contributed by atoms with Crippen LogP contribution < -0.4 is 0 Å². The highest BCUT2D eigenvalue weighted by Gasteiger charge is 2.37. The lowest BCUT2D eigenvalue weighted by Crippen LogP contribution is -2.50. The maximum absolute atomic E-state index is 13.8. The fourth-order valence-corrected chi connectivity index (χ4v) is 4.41. The molecule has 0 spiro atoms. The quantitative estimate of drug-likeness (QED) is 0.677. The minimum absolute atomic E-state index is 0.0369. The first kappa shape index (κ1) is 18.3. The van der Waals surface area contributed by atoms with E-state index in [1.165, 1.54) is 0 Å². The average molecular weight is 396 g/mol. The monoisotopic (exact) mass is 396 g/mol. The number of amides is 1. The number of rotatable bonds is 3. The van der Waals surface area contributed by atoms with Gasteiger partial charge in [0.05, 0.1) is 42.2 Å². The second-order valence-corrected chi connectivity index (χ2v) is 7.61. The van der Waals surface area contributed by atoms with Gasteiger partial charge in [-0.25, -0.2) is 4.98 Å². The van der Waals surface area contributed by atoms with Gasteiger partial charge >= 0.3 is 0 Å². The summed E-state index contributed by atoms with van der Waals surface area (Å²) in [4.78, 5) is 20.4. The fourth-order valence-electron chi connectivity index (χ4n) is 4.41. The Hall–Kier alpha value is -2.71. The Kier molecular flexibility index (Phi) is 4.60. The number of hydrogen-bond donors (Lipinski definition) is 0. The van der Waals surface area contributed by atoms with Crippen LogP contribution in [0.3, 0.4) is 0 Å². The number of fused-ring (bicyclic) bond motifs is 1. The van der Waals surface area contributed by atoms with Gasteiger partial charge in [-0.2, -0.15) is 5.10 Å². The zero-order valence-electron chi connectivity index (χ0n) is 16.6. The molecule has 0 saturated carbocycles. The van der Waals surface area contributed by atoms with Crippen molar-refractivity contribution in [2.75, 3.05) is 19.8 Å². The molecule has 5 heterocycles. The smallest absolute Gasteiger partial charge is 0.255 e. The Balaban J connectivity index is 1.61. The molecule has 5 rings (SSSR count). The van der Waals surface area contributed by atoms with Crippen LogP contribution in [0, 0.1) is 6.92 Å². The van der Waals surface area contributed by atoms with E-state index in [-0.39, 0.29) is 18.2 Å². The van der Waals surface area contributed by atoms with Crippen LogP contribution in [-0.4, -0.2) is 57.7 Å². The molecule has 2 aliphatic rings. The summed E-state index contributed by atoms with van der Waals surface area (Å²) in [5.74, 6) is 0.586. The highest BCUT2D eigenvalue weighted by atomic mass is 16.7. The second-order valence-electron chi connectivity index (χ2n) is 7.61. The largest absolute Gasteiger partial charge is 0.463 e. The molecular weight excluding hydrogens is 372 g/mol. The molecule has 0 N–H and O–H groups in total. The molecule has 152 valence electrons. The average Bonchev–Trinajstić information content (AvgIpc) is 3.50. The minimum atomic E-state index is -0.351. The van der Waals surface area contributed by atoms with E-state index >= 15 is 0 Å². The van der Waals surface area contributed by atoms with Gasteiger partial charge in [0.15, 0.2) is 17.7 Å². The lowest BCUT2D eigenvalue weighted by molar-refractivity contribution is -0.100. The lowest BCUT2D eigenvalue weighted by Gasteiger charge is -2.38. The first-order chi connectivity index (χ1) is 14.1.